The summed E-state index contributed by atoms with van der Waals surface area (Å²) in [6, 6.07) is 11.7. The molecule has 1 aromatic heterocycles. The van der Waals surface area contributed by atoms with E-state index in [1.165, 1.54) is 0 Å². The lowest BCUT2D eigenvalue weighted by Gasteiger charge is -2.07. The van der Waals surface area contributed by atoms with Gasteiger partial charge in [0.15, 0.2) is 11.5 Å². The minimum atomic E-state index is 0.641. The zero-order valence-electron chi connectivity index (χ0n) is 10.7. The van der Waals surface area contributed by atoms with Crippen LogP contribution in [0.25, 0.3) is 11.6 Å². The van der Waals surface area contributed by atoms with Gasteiger partial charge in [0, 0.05) is 4.88 Å². The maximum absolute atomic E-state index is 9.22. The summed E-state index contributed by atoms with van der Waals surface area (Å²) in [7, 11) is 3.19. The number of nitriles is 1. The molecule has 0 aliphatic rings. The van der Waals surface area contributed by atoms with Gasteiger partial charge in [-0.2, -0.15) is 5.26 Å². The van der Waals surface area contributed by atoms with Crippen LogP contribution in [0.3, 0.4) is 0 Å². The lowest BCUT2D eigenvalue weighted by Crippen LogP contribution is -1.90. The molecule has 0 unspecified atom stereocenters. The van der Waals surface area contributed by atoms with E-state index in [1.807, 2.05) is 41.8 Å². The van der Waals surface area contributed by atoms with E-state index in [4.69, 9.17) is 9.47 Å². The van der Waals surface area contributed by atoms with Crippen molar-refractivity contribution >= 4 is 23.0 Å². The largest absolute Gasteiger partial charge is 0.493 e. The molecule has 3 nitrogen and oxygen atoms in total. The lowest BCUT2D eigenvalue weighted by molar-refractivity contribution is 0.355. The van der Waals surface area contributed by atoms with E-state index in [9.17, 15) is 5.26 Å². The zero-order chi connectivity index (χ0) is 13.7. The molecule has 0 saturated heterocycles. The van der Waals surface area contributed by atoms with E-state index in [1.54, 1.807) is 25.6 Å². The molecular formula is C15H13NO2S. The van der Waals surface area contributed by atoms with Crippen LogP contribution in [0, 0.1) is 11.3 Å². The standard InChI is InChI=1S/C15H13NO2S/c1-17-13-6-5-11(9-14(13)18-2)8-12(10-16)15-4-3-7-19-15/h3-9H,1-2H3/b12-8-. The van der Waals surface area contributed by atoms with Gasteiger partial charge in [0.25, 0.3) is 0 Å². The predicted molar refractivity (Wildman–Crippen MR) is 77.3 cm³/mol. The summed E-state index contributed by atoms with van der Waals surface area (Å²) in [4.78, 5) is 0.956. The summed E-state index contributed by atoms with van der Waals surface area (Å²) in [5.41, 5.74) is 1.55. The highest BCUT2D eigenvalue weighted by Gasteiger charge is 2.06. The van der Waals surface area contributed by atoms with Crippen molar-refractivity contribution in [1.29, 1.82) is 5.26 Å². The Labute approximate surface area is 116 Å². The highest BCUT2D eigenvalue weighted by Crippen LogP contribution is 2.30. The third kappa shape index (κ3) is 2.95. The van der Waals surface area contributed by atoms with Gasteiger partial charge < -0.3 is 9.47 Å². The number of hydrogen-bond acceptors (Lipinski definition) is 4. The van der Waals surface area contributed by atoms with Crippen molar-refractivity contribution in [3.05, 3.63) is 46.2 Å². The van der Waals surface area contributed by atoms with Crippen LogP contribution in [0.4, 0.5) is 0 Å². The van der Waals surface area contributed by atoms with Gasteiger partial charge in [-0.3, -0.25) is 0 Å². The second-order valence-electron chi connectivity index (χ2n) is 3.76. The Balaban J connectivity index is 2.40. The summed E-state index contributed by atoms with van der Waals surface area (Å²) in [6.07, 6.45) is 1.84. The first kappa shape index (κ1) is 13.2. The molecule has 0 radical (unpaired) electrons. The van der Waals surface area contributed by atoms with E-state index in [0.717, 1.165) is 10.4 Å². The number of methoxy groups -OCH3 is 2. The van der Waals surface area contributed by atoms with Crippen LogP contribution in [-0.2, 0) is 0 Å². The molecule has 0 atom stereocenters. The normalized spacial score (nSPS) is 10.9. The second kappa shape index (κ2) is 6.07. The molecule has 0 amide bonds. The average Bonchev–Trinajstić information content (AvgIpc) is 2.98. The van der Waals surface area contributed by atoms with Crippen molar-refractivity contribution in [1.82, 2.24) is 0 Å². The Hall–Kier alpha value is -2.25. The van der Waals surface area contributed by atoms with Gasteiger partial charge >= 0.3 is 0 Å². The van der Waals surface area contributed by atoms with Crippen molar-refractivity contribution < 1.29 is 9.47 Å². The van der Waals surface area contributed by atoms with E-state index in [-0.39, 0.29) is 0 Å². The summed E-state index contributed by atoms with van der Waals surface area (Å²) in [6.45, 7) is 0. The highest BCUT2D eigenvalue weighted by atomic mass is 32.1. The minimum absolute atomic E-state index is 0.641. The fourth-order valence-electron chi connectivity index (χ4n) is 1.70. The molecule has 96 valence electrons. The van der Waals surface area contributed by atoms with Gasteiger partial charge in [0.05, 0.1) is 19.8 Å². The van der Waals surface area contributed by atoms with Gasteiger partial charge in [0.2, 0.25) is 0 Å². The monoisotopic (exact) mass is 271 g/mol. The van der Waals surface area contributed by atoms with Crippen molar-refractivity contribution in [3.8, 4) is 17.6 Å². The summed E-state index contributed by atoms with van der Waals surface area (Å²) in [5.74, 6) is 1.33. The second-order valence-corrected chi connectivity index (χ2v) is 4.71. The van der Waals surface area contributed by atoms with E-state index in [2.05, 4.69) is 6.07 Å². The van der Waals surface area contributed by atoms with Crippen LogP contribution in [0.2, 0.25) is 0 Å². The van der Waals surface area contributed by atoms with Gasteiger partial charge in [0.1, 0.15) is 6.07 Å². The van der Waals surface area contributed by atoms with E-state index < -0.39 is 0 Å². The molecular weight excluding hydrogens is 258 g/mol. The third-order valence-corrected chi connectivity index (χ3v) is 3.53. The first-order chi connectivity index (χ1) is 9.28. The molecule has 0 spiro atoms. The minimum Gasteiger partial charge on any atom is -0.493 e. The fraction of sp³-hybridized carbons (Fsp3) is 0.133. The molecule has 1 aromatic carbocycles. The maximum Gasteiger partial charge on any atom is 0.161 e. The summed E-state index contributed by atoms with van der Waals surface area (Å²) >= 11 is 1.55. The Morgan fingerprint density at radius 2 is 2.00 bits per heavy atom. The number of rotatable bonds is 4. The van der Waals surface area contributed by atoms with Crippen molar-refractivity contribution in [3.63, 3.8) is 0 Å². The van der Waals surface area contributed by atoms with E-state index in [0.29, 0.717) is 17.1 Å². The maximum atomic E-state index is 9.22. The Morgan fingerprint density at radius 3 is 2.58 bits per heavy atom. The Morgan fingerprint density at radius 1 is 1.21 bits per heavy atom. The number of allylic oxidation sites excluding steroid dienone is 1. The van der Waals surface area contributed by atoms with Crippen LogP contribution >= 0.6 is 11.3 Å². The highest BCUT2D eigenvalue weighted by molar-refractivity contribution is 7.11. The number of nitrogens with zero attached hydrogens (tertiary/aromatic N) is 1. The van der Waals surface area contributed by atoms with Gasteiger partial charge in [-0.25, -0.2) is 0 Å². The van der Waals surface area contributed by atoms with Crippen LogP contribution in [-0.4, -0.2) is 14.2 Å². The van der Waals surface area contributed by atoms with Gasteiger partial charge in [-0.05, 0) is 35.2 Å². The van der Waals surface area contributed by atoms with Crippen LogP contribution in [0.15, 0.2) is 35.7 Å². The predicted octanol–water partition coefficient (Wildman–Crippen LogP) is 3.83. The topological polar surface area (TPSA) is 42.2 Å². The summed E-state index contributed by atoms with van der Waals surface area (Å²) < 4.78 is 10.4. The molecule has 0 bridgehead atoms. The van der Waals surface area contributed by atoms with Crippen LogP contribution < -0.4 is 9.47 Å². The molecule has 0 aliphatic carbocycles. The van der Waals surface area contributed by atoms with Gasteiger partial charge in [-0.1, -0.05) is 12.1 Å². The molecule has 0 saturated carbocycles. The molecule has 2 aromatic rings. The number of hydrogen-bond donors (Lipinski definition) is 0. The Kier molecular flexibility index (Phi) is 4.22. The van der Waals surface area contributed by atoms with Crippen molar-refractivity contribution in [2.75, 3.05) is 14.2 Å². The first-order valence-electron chi connectivity index (χ1n) is 5.66. The lowest BCUT2D eigenvalue weighted by atomic mass is 10.1. The van der Waals surface area contributed by atoms with Crippen LogP contribution in [0.1, 0.15) is 10.4 Å². The quantitative estimate of drug-likeness (QED) is 0.794. The molecule has 0 N–H and O–H groups in total. The van der Waals surface area contributed by atoms with E-state index >= 15 is 0 Å². The average molecular weight is 271 g/mol. The zero-order valence-corrected chi connectivity index (χ0v) is 11.5. The van der Waals surface area contributed by atoms with Crippen LogP contribution in [0.5, 0.6) is 11.5 Å². The molecule has 19 heavy (non-hydrogen) atoms. The molecule has 2 rings (SSSR count). The smallest absolute Gasteiger partial charge is 0.161 e. The molecule has 0 fully saturated rings. The first-order valence-corrected chi connectivity index (χ1v) is 6.54. The van der Waals surface area contributed by atoms with Gasteiger partial charge in [-0.15, -0.1) is 11.3 Å². The third-order valence-electron chi connectivity index (χ3n) is 2.63. The van der Waals surface area contributed by atoms with Crippen molar-refractivity contribution in [2.24, 2.45) is 0 Å². The molecule has 0 aliphatic heterocycles. The number of benzene rings is 1. The SMILES string of the molecule is COc1ccc(/C=C(/C#N)c2cccs2)cc1OC. The van der Waals surface area contributed by atoms with Crippen molar-refractivity contribution in [2.45, 2.75) is 0 Å². The molecule has 4 heteroatoms. The Bertz CT molecular complexity index is 624. The number of thiophene rings is 1. The summed E-state index contributed by atoms with van der Waals surface area (Å²) in [5, 5.41) is 11.2. The fourth-order valence-corrected chi connectivity index (χ4v) is 2.39. The molecule has 1 heterocycles. The number of ether oxygens (including phenoxy) is 2.